The first-order valence-corrected chi connectivity index (χ1v) is 7.72. The standard InChI is InChI=1S/C16H19Cl2NO4/c1-22-11-10-19(9-8-16(21)23-2)15(20)7-6-12-13(17)4-3-5-14(12)18/h3-7H,8-11H2,1-2H3. The van der Waals surface area contributed by atoms with Crippen LogP contribution in [0, 0.1) is 0 Å². The van der Waals surface area contributed by atoms with Crippen molar-refractivity contribution in [1.82, 2.24) is 4.90 Å². The fraction of sp³-hybridized carbons (Fsp3) is 0.375. The second-order valence-electron chi connectivity index (χ2n) is 4.61. The highest BCUT2D eigenvalue weighted by molar-refractivity contribution is 6.37. The number of benzene rings is 1. The molecule has 1 amide bonds. The lowest BCUT2D eigenvalue weighted by Crippen LogP contribution is -2.34. The molecule has 0 atom stereocenters. The molecule has 0 bridgehead atoms. The molecule has 0 aliphatic carbocycles. The monoisotopic (exact) mass is 359 g/mol. The van der Waals surface area contributed by atoms with Crippen LogP contribution in [-0.2, 0) is 19.1 Å². The van der Waals surface area contributed by atoms with E-state index in [1.165, 1.54) is 18.1 Å². The minimum absolute atomic E-state index is 0.118. The maximum atomic E-state index is 12.3. The zero-order chi connectivity index (χ0) is 17.2. The second-order valence-corrected chi connectivity index (χ2v) is 5.43. The maximum absolute atomic E-state index is 12.3. The highest BCUT2D eigenvalue weighted by Gasteiger charge is 2.13. The number of halogens is 2. The molecule has 0 heterocycles. The highest BCUT2D eigenvalue weighted by Crippen LogP contribution is 2.25. The third-order valence-electron chi connectivity index (χ3n) is 3.08. The molecule has 0 saturated heterocycles. The quantitative estimate of drug-likeness (QED) is 0.528. The molecule has 0 unspecified atom stereocenters. The number of carbonyl (C=O) groups excluding carboxylic acids is 2. The number of hydrogen-bond acceptors (Lipinski definition) is 4. The molecule has 5 nitrogen and oxygen atoms in total. The van der Waals surface area contributed by atoms with Gasteiger partial charge in [-0.15, -0.1) is 0 Å². The molecule has 126 valence electrons. The molecule has 0 spiro atoms. The predicted molar refractivity (Wildman–Crippen MR) is 90.6 cm³/mol. The fourth-order valence-corrected chi connectivity index (χ4v) is 2.32. The van der Waals surface area contributed by atoms with Crippen LogP contribution in [0.2, 0.25) is 10.0 Å². The summed E-state index contributed by atoms with van der Waals surface area (Å²) in [6.45, 7) is 0.982. The van der Waals surface area contributed by atoms with Crippen molar-refractivity contribution >= 4 is 41.2 Å². The van der Waals surface area contributed by atoms with Crippen LogP contribution in [0.3, 0.4) is 0 Å². The molecule has 1 aromatic carbocycles. The Bertz CT molecular complexity index is 555. The van der Waals surface area contributed by atoms with Gasteiger partial charge in [0.15, 0.2) is 0 Å². The minimum Gasteiger partial charge on any atom is -0.469 e. The Labute approximate surface area is 145 Å². The summed E-state index contributed by atoms with van der Waals surface area (Å²) >= 11 is 12.1. The first-order valence-electron chi connectivity index (χ1n) is 6.96. The minimum atomic E-state index is -0.377. The van der Waals surface area contributed by atoms with Crippen LogP contribution in [0.25, 0.3) is 6.08 Å². The smallest absolute Gasteiger partial charge is 0.307 e. The summed E-state index contributed by atoms with van der Waals surface area (Å²) in [5, 5.41) is 0.916. The van der Waals surface area contributed by atoms with E-state index < -0.39 is 0 Å². The first-order chi connectivity index (χ1) is 11.0. The molecule has 23 heavy (non-hydrogen) atoms. The number of rotatable bonds is 8. The van der Waals surface area contributed by atoms with Gasteiger partial charge in [-0.2, -0.15) is 0 Å². The number of ether oxygens (including phenoxy) is 2. The summed E-state index contributed by atoms with van der Waals surface area (Å²) in [6, 6.07) is 5.11. The molecule has 0 aromatic heterocycles. The van der Waals surface area contributed by atoms with E-state index in [1.54, 1.807) is 31.4 Å². The zero-order valence-electron chi connectivity index (χ0n) is 13.1. The van der Waals surface area contributed by atoms with Gasteiger partial charge in [0.2, 0.25) is 5.91 Å². The molecule has 0 aliphatic rings. The predicted octanol–water partition coefficient (Wildman–Crippen LogP) is 3.04. The number of esters is 1. The van der Waals surface area contributed by atoms with Crippen LogP contribution >= 0.6 is 23.2 Å². The summed E-state index contributed by atoms with van der Waals surface area (Å²) in [5.74, 6) is -0.639. The van der Waals surface area contributed by atoms with Gasteiger partial charge >= 0.3 is 5.97 Å². The Kier molecular flexibility index (Phi) is 8.69. The average molecular weight is 360 g/mol. The summed E-state index contributed by atoms with van der Waals surface area (Å²) in [5.41, 5.74) is 0.573. The lowest BCUT2D eigenvalue weighted by Gasteiger charge is -2.20. The van der Waals surface area contributed by atoms with Crippen LogP contribution in [0.15, 0.2) is 24.3 Å². The van der Waals surface area contributed by atoms with Gasteiger partial charge < -0.3 is 14.4 Å². The topological polar surface area (TPSA) is 55.8 Å². The Balaban J connectivity index is 2.79. The van der Waals surface area contributed by atoms with Crippen molar-refractivity contribution in [2.45, 2.75) is 6.42 Å². The molecule has 1 aromatic rings. The second kappa shape index (κ2) is 10.3. The highest BCUT2D eigenvalue weighted by atomic mass is 35.5. The SMILES string of the molecule is COCCN(CCC(=O)OC)C(=O)C=Cc1c(Cl)cccc1Cl. The van der Waals surface area contributed by atoms with Crippen LogP contribution in [0.1, 0.15) is 12.0 Å². The Morgan fingerprint density at radius 1 is 1.17 bits per heavy atom. The Morgan fingerprint density at radius 2 is 1.83 bits per heavy atom. The Morgan fingerprint density at radius 3 is 2.39 bits per heavy atom. The molecular formula is C16H19Cl2NO4. The Hall–Kier alpha value is -1.56. The van der Waals surface area contributed by atoms with Crippen molar-refractivity contribution in [3.05, 3.63) is 39.9 Å². The summed E-state index contributed by atoms with van der Waals surface area (Å²) < 4.78 is 9.56. The van der Waals surface area contributed by atoms with E-state index in [4.69, 9.17) is 27.9 Å². The third-order valence-corrected chi connectivity index (χ3v) is 3.74. The van der Waals surface area contributed by atoms with Gasteiger partial charge in [0.25, 0.3) is 0 Å². The van der Waals surface area contributed by atoms with Gasteiger partial charge in [0.1, 0.15) is 0 Å². The average Bonchev–Trinajstić information content (AvgIpc) is 2.53. The van der Waals surface area contributed by atoms with Gasteiger partial charge in [-0.1, -0.05) is 29.3 Å². The van der Waals surface area contributed by atoms with Crippen molar-refractivity contribution in [3.8, 4) is 0 Å². The van der Waals surface area contributed by atoms with E-state index in [1.807, 2.05) is 0 Å². The van der Waals surface area contributed by atoms with Crippen molar-refractivity contribution in [1.29, 1.82) is 0 Å². The van der Waals surface area contributed by atoms with Crippen molar-refractivity contribution in [2.24, 2.45) is 0 Å². The normalized spacial score (nSPS) is 10.8. The van der Waals surface area contributed by atoms with Gasteiger partial charge in [-0.05, 0) is 18.2 Å². The van der Waals surface area contributed by atoms with Crippen LogP contribution < -0.4 is 0 Å². The summed E-state index contributed by atoms with van der Waals surface area (Å²) in [4.78, 5) is 25.0. The lowest BCUT2D eigenvalue weighted by molar-refractivity contribution is -0.141. The van der Waals surface area contributed by atoms with E-state index >= 15 is 0 Å². The van der Waals surface area contributed by atoms with Gasteiger partial charge in [-0.3, -0.25) is 9.59 Å². The number of amides is 1. The number of nitrogens with zero attached hydrogens (tertiary/aromatic N) is 1. The molecular weight excluding hydrogens is 341 g/mol. The van der Waals surface area contributed by atoms with Crippen molar-refractivity contribution < 1.29 is 19.1 Å². The largest absolute Gasteiger partial charge is 0.469 e. The molecule has 1 rings (SSSR count). The molecule has 0 radical (unpaired) electrons. The van der Waals surface area contributed by atoms with E-state index in [-0.39, 0.29) is 24.8 Å². The van der Waals surface area contributed by atoms with E-state index in [0.29, 0.717) is 28.8 Å². The number of carbonyl (C=O) groups is 2. The molecule has 0 saturated carbocycles. The van der Waals surface area contributed by atoms with Crippen LogP contribution in [0.4, 0.5) is 0 Å². The third kappa shape index (κ3) is 6.60. The zero-order valence-corrected chi connectivity index (χ0v) is 14.6. The summed E-state index contributed by atoms with van der Waals surface area (Å²) in [7, 11) is 2.85. The van der Waals surface area contributed by atoms with Gasteiger partial charge in [0.05, 0.1) is 20.1 Å². The molecule has 0 fully saturated rings. The van der Waals surface area contributed by atoms with Crippen molar-refractivity contribution in [3.63, 3.8) is 0 Å². The fourth-order valence-electron chi connectivity index (χ4n) is 1.79. The number of methoxy groups -OCH3 is 2. The number of hydrogen-bond donors (Lipinski definition) is 0. The van der Waals surface area contributed by atoms with E-state index in [2.05, 4.69) is 4.74 Å². The molecule has 7 heteroatoms. The first kappa shape index (κ1) is 19.5. The molecule has 0 N–H and O–H groups in total. The van der Waals surface area contributed by atoms with E-state index in [9.17, 15) is 9.59 Å². The van der Waals surface area contributed by atoms with E-state index in [0.717, 1.165) is 0 Å². The van der Waals surface area contributed by atoms with Crippen LogP contribution in [0.5, 0.6) is 0 Å². The van der Waals surface area contributed by atoms with Crippen LogP contribution in [-0.4, -0.2) is 50.7 Å². The summed E-state index contributed by atoms with van der Waals surface area (Å²) in [6.07, 6.45) is 3.05. The lowest BCUT2D eigenvalue weighted by atomic mass is 10.2. The molecule has 0 aliphatic heterocycles. The maximum Gasteiger partial charge on any atom is 0.307 e. The van der Waals surface area contributed by atoms with Gasteiger partial charge in [-0.25, -0.2) is 0 Å². The van der Waals surface area contributed by atoms with Crippen molar-refractivity contribution in [2.75, 3.05) is 33.9 Å². The van der Waals surface area contributed by atoms with Gasteiger partial charge in [0, 0.05) is 41.9 Å².